The van der Waals surface area contributed by atoms with E-state index in [0.717, 1.165) is 38.2 Å². The molecule has 1 unspecified atom stereocenters. The molecule has 1 atom stereocenters. The van der Waals surface area contributed by atoms with Crippen LogP contribution in [0.3, 0.4) is 0 Å². The Bertz CT molecular complexity index is 107. The topological polar surface area (TPSA) is 12.5 Å². The van der Waals surface area contributed by atoms with Gasteiger partial charge in [0.25, 0.3) is 0 Å². The third kappa shape index (κ3) is 3.87. The molecule has 1 heterocycles. The quantitative estimate of drug-likeness (QED) is 0.729. The minimum Gasteiger partial charge on any atom is -0.379 e. The van der Waals surface area contributed by atoms with Gasteiger partial charge in [0, 0.05) is 29.8 Å². The molecular formula is C7H13Br2NO. The molecule has 66 valence electrons. The zero-order valence-corrected chi connectivity index (χ0v) is 9.60. The first kappa shape index (κ1) is 9.96. The lowest BCUT2D eigenvalue weighted by Gasteiger charge is -2.27. The van der Waals surface area contributed by atoms with Crippen molar-refractivity contribution < 1.29 is 4.74 Å². The summed E-state index contributed by atoms with van der Waals surface area (Å²) >= 11 is 7.02. The predicted octanol–water partition coefficient (Wildman–Crippen LogP) is 1.48. The monoisotopic (exact) mass is 285 g/mol. The molecule has 0 aromatic heterocycles. The van der Waals surface area contributed by atoms with E-state index in [9.17, 15) is 0 Å². The molecule has 11 heavy (non-hydrogen) atoms. The fourth-order valence-electron chi connectivity index (χ4n) is 1.11. The molecule has 1 aliphatic rings. The molecule has 0 spiro atoms. The average molecular weight is 287 g/mol. The Hall–Kier alpha value is 0.880. The molecule has 2 nitrogen and oxygen atoms in total. The molecule has 0 aromatic rings. The second-order valence-corrected chi connectivity index (χ2v) is 4.61. The SMILES string of the molecule is BrCC(Br)CN1CCOCC1. The number of alkyl halides is 2. The van der Waals surface area contributed by atoms with Gasteiger partial charge in [0.15, 0.2) is 0 Å². The van der Waals surface area contributed by atoms with Gasteiger partial charge in [0.2, 0.25) is 0 Å². The van der Waals surface area contributed by atoms with Crippen LogP contribution >= 0.6 is 31.9 Å². The smallest absolute Gasteiger partial charge is 0.0594 e. The van der Waals surface area contributed by atoms with Crippen LogP contribution in [-0.4, -0.2) is 47.9 Å². The van der Waals surface area contributed by atoms with E-state index >= 15 is 0 Å². The molecule has 0 amide bonds. The summed E-state index contributed by atoms with van der Waals surface area (Å²) in [5.74, 6) is 0. The summed E-state index contributed by atoms with van der Waals surface area (Å²) < 4.78 is 5.25. The molecule has 0 bridgehead atoms. The number of ether oxygens (including phenoxy) is 1. The Morgan fingerprint density at radius 2 is 2.00 bits per heavy atom. The molecule has 0 aliphatic carbocycles. The van der Waals surface area contributed by atoms with E-state index in [4.69, 9.17) is 4.74 Å². The fraction of sp³-hybridized carbons (Fsp3) is 1.00. The molecule has 1 rings (SSSR count). The summed E-state index contributed by atoms with van der Waals surface area (Å²) in [6.07, 6.45) is 0. The third-order valence-electron chi connectivity index (χ3n) is 1.73. The summed E-state index contributed by atoms with van der Waals surface area (Å²) in [5.41, 5.74) is 0. The van der Waals surface area contributed by atoms with Crippen LogP contribution in [0.5, 0.6) is 0 Å². The number of morpholine rings is 1. The Morgan fingerprint density at radius 3 is 2.55 bits per heavy atom. The highest BCUT2D eigenvalue weighted by molar-refractivity contribution is 9.12. The van der Waals surface area contributed by atoms with Gasteiger partial charge in [-0.2, -0.15) is 0 Å². The normalized spacial score (nSPS) is 23.5. The van der Waals surface area contributed by atoms with Crippen molar-refractivity contribution in [2.45, 2.75) is 4.83 Å². The summed E-state index contributed by atoms with van der Waals surface area (Å²) in [5, 5.41) is 1.02. The molecule has 0 aromatic carbocycles. The summed E-state index contributed by atoms with van der Waals surface area (Å²) in [6.45, 7) is 5.06. The van der Waals surface area contributed by atoms with Gasteiger partial charge in [-0.15, -0.1) is 0 Å². The highest BCUT2D eigenvalue weighted by Gasteiger charge is 2.13. The summed E-state index contributed by atoms with van der Waals surface area (Å²) in [7, 11) is 0. The number of rotatable bonds is 3. The van der Waals surface area contributed by atoms with Crippen molar-refractivity contribution >= 4 is 31.9 Å². The number of hydrogen-bond donors (Lipinski definition) is 0. The second kappa shape index (κ2) is 5.51. The first-order valence-corrected chi connectivity index (χ1v) is 5.87. The highest BCUT2D eigenvalue weighted by atomic mass is 79.9. The van der Waals surface area contributed by atoms with Gasteiger partial charge in [-0.3, -0.25) is 4.90 Å². The predicted molar refractivity (Wildman–Crippen MR) is 53.8 cm³/mol. The van der Waals surface area contributed by atoms with Crippen LogP contribution < -0.4 is 0 Å². The molecule has 0 radical (unpaired) electrons. The largest absolute Gasteiger partial charge is 0.379 e. The minimum atomic E-state index is 0.570. The minimum absolute atomic E-state index is 0.570. The molecule has 0 saturated carbocycles. The van der Waals surface area contributed by atoms with Crippen molar-refractivity contribution in [3.8, 4) is 0 Å². The maximum atomic E-state index is 5.25. The second-order valence-electron chi connectivity index (χ2n) is 2.66. The third-order valence-corrected chi connectivity index (χ3v) is 3.99. The fourth-order valence-corrected chi connectivity index (χ4v) is 1.73. The molecule has 1 aliphatic heterocycles. The van der Waals surface area contributed by atoms with E-state index in [-0.39, 0.29) is 0 Å². The van der Waals surface area contributed by atoms with E-state index in [1.54, 1.807) is 0 Å². The molecule has 1 saturated heterocycles. The van der Waals surface area contributed by atoms with Crippen LogP contribution in [-0.2, 0) is 4.74 Å². The van der Waals surface area contributed by atoms with Crippen LogP contribution in [0, 0.1) is 0 Å². The number of hydrogen-bond acceptors (Lipinski definition) is 2. The maximum Gasteiger partial charge on any atom is 0.0594 e. The van der Waals surface area contributed by atoms with Crippen molar-refractivity contribution in [3.05, 3.63) is 0 Å². The van der Waals surface area contributed by atoms with Crippen molar-refractivity contribution in [1.82, 2.24) is 4.90 Å². The Morgan fingerprint density at radius 1 is 1.36 bits per heavy atom. The van der Waals surface area contributed by atoms with Gasteiger partial charge in [-0.05, 0) is 0 Å². The maximum absolute atomic E-state index is 5.25. The Labute approximate surface area is 84.5 Å². The Balaban J connectivity index is 2.13. The van der Waals surface area contributed by atoms with Gasteiger partial charge in [0.1, 0.15) is 0 Å². The number of halogens is 2. The van der Waals surface area contributed by atoms with Crippen molar-refractivity contribution in [2.24, 2.45) is 0 Å². The van der Waals surface area contributed by atoms with Crippen molar-refractivity contribution in [3.63, 3.8) is 0 Å². The van der Waals surface area contributed by atoms with Crippen LogP contribution in [0.25, 0.3) is 0 Å². The van der Waals surface area contributed by atoms with E-state index < -0.39 is 0 Å². The van der Waals surface area contributed by atoms with Crippen molar-refractivity contribution in [2.75, 3.05) is 38.2 Å². The lowest BCUT2D eigenvalue weighted by Crippen LogP contribution is -2.39. The first-order valence-electron chi connectivity index (χ1n) is 3.83. The summed E-state index contributed by atoms with van der Waals surface area (Å²) in [4.78, 5) is 2.99. The van der Waals surface area contributed by atoms with Gasteiger partial charge in [-0.1, -0.05) is 31.9 Å². The van der Waals surface area contributed by atoms with Crippen LogP contribution in [0.2, 0.25) is 0 Å². The van der Waals surface area contributed by atoms with Crippen LogP contribution in [0.15, 0.2) is 0 Å². The van der Waals surface area contributed by atoms with Crippen LogP contribution in [0.1, 0.15) is 0 Å². The van der Waals surface area contributed by atoms with E-state index in [1.807, 2.05) is 0 Å². The van der Waals surface area contributed by atoms with Gasteiger partial charge >= 0.3 is 0 Å². The van der Waals surface area contributed by atoms with Gasteiger partial charge in [0.05, 0.1) is 13.2 Å². The lowest BCUT2D eigenvalue weighted by atomic mass is 10.4. The van der Waals surface area contributed by atoms with E-state index in [2.05, 4.69) is 36.8 Å². The Kier molecular flexibility index (Phi) is 4.99. The van der Waals surface area contributed by atoms with E-state index in [1.165, 1.54) is 0 Å². The van der Waals surface area contributed by atoms with Gasteiger partial charge in [-0.25, -0.2) is 0 Å². The molecule has 1 fully saturated rings. The van der Waals surface area contributed by atoms with Crippen molar-refractivity contribution in [1.29, 1.82) is 0 Å². The first-order chi connectivity index (χ1) is 5.33. The molecule has 4 heteroatoms. The van der Waals surface area contributed by atoms with Gasteiger partial charge < -0.3 is 4.74 Å². The standard InChI is InChI=1S/C7H13Br2NO/c8-5-7(9)6-10-1-3-11-4-2-10/h7H,1-6H2. The molecular weight excluding hydrogens is 274 g/mol. The zero-order chi connectivity index (χ0) is 8.10. The highest BCUT2D eigenvalue weighted by Crippen LogP contribution is 2.07. The average Bonchev–Trinajstić information content (AvgIpc) is 2.06. The summed E-state index contributed by atoms with van der Waals surface area (Å²) in [6, 6.07) is 0. The van der Waals surface area contributed by atoms with Crippen LogP contribution in [0.4, 0.5) is 0 Å². The van der Waals surface area contributed by atoms with E-state index in [0.29, 0.717) is 4.83 Å². The lowest BCUT2D eigenvalue weighted by molar-refractivity contribution is 0.0390. The zero-order valence-electron chi connectivity index (χ0n) is 6.43. The number of nitrogens with zero attached hydrogens (tertiary/aromatic N) is 1. The molecule has 0 N–H and O–H groups in total.